The second-order valence-corrected chi connectivity index (χ2v) is 4.10. The fourth-order valence-corrected chi connectivity index (χ4v) is 1.56. The molecule has 0 aliphatic rings. The van der Waals surface area contributed by atoms with E-state index >= 15 is 0 Å². The number of hydrogen-bond donors (Lipinski definition) is 0. The van der Waals surface area contributed by atoms with Gasteiger partial charge in [0.15, 0.2) is 0 Å². The van der Waals surface area contributed by atoms with Crippen LogP contribution in [0.5, 0.6) is 0 Å². The van der Waals surface area contributed by atoms with Crippen LogP contribution in [0.1, 0.15) is 16.8 Å². The largest absolute Gasteiger partial charge is 0.341 e. The van der Waals surface area contributed by atoms with Crippen molar-refractivity contribution in [3.63, 3.8) is 0 Å². The smallest absolute Gasteiger partial charge is 0.255 e. The zero-order valence-electron chi connectivity index (χ0n) is 8.70. The van der Waals surface area contributed by atoms with E-state index in [9.17, 15) is 4.79 Å². The van der Waals surface area contributed by atoms with E-state index in [-0.39, 0.29) is 5.91 Å². The minimum absolute atomic E-state index is 0.234. The monoisotopic (exact) mass is 256 g/mol. The zero-order valence-corrected chi connectivity index (χ0v) is 10.2. The van der Waals surface area contributed by atoms with Crippen molar-refractivity contribution in [1.29, 1.82) is 5.26 Å². The van der Waals surface area contributed by atoms with Crippen molar-refractivity contribution < 1.29 is 4.79 Å². The molecule has 0 heterocycles. The van der Waals surface area contributed by atoms with Crippen molar-refractivity contribution in [2.24, 2.45) is 0 Å². The van der Waals surface area contributed by atoms with Gasteiger partial charge >= 0.3 is 0 Å². The maximum absolute atomic E-state index is 11.9. The van der Waals surface area contributed by atoms with E-state index in [0.717, 1.165) is 0 Å². The number of amides is 1. The topological polar surface area (TPSA) is 44.1 Å². The standard InChI is InChI=1S/C11H10Cl2N2O/c1-15(6-2-5-14)11(16)9-7-8(12)3-4-10(9)13/h3-4,7H,2,6H2,1H3. The molecule has 0 saturated heterocycles. The molecule has 0 radical (unpaired) electrons. The number of hydrogen-bond acceptors (Lipinski definition) is 2. The average Bonchev–Trinajstić information content (AvgIpc) is 2.28. The Kier molecular flexibility index (Phi) is 4.60. The highest BCUT2D eigenvalue weighted by atomic mass is 35.5. The normalized spacial score (nSPS) is 9.62. The van der Waals surface area contributed by atoms with Gasteiger partial charge in [-0.1, -0.05) is 23.2 Å². The highest BCUT2D eigenvalue weighted by Crippen LogP contribution is 2.21. The van der Waals surface area contributed by atoms with Crippen molar-refractivity contribution >= 4 is 29.1 Å². The predicted molar refractivity (Wildman–Crippen MR) is 63.7 cm³/mol. The summed E-state index contributed by atoms with van der Waals surface area (Å²) in [6, 6.07) is 6.70. The van der Waals surface area contributed by atoms with Crippen LogP contribution in [-0.4, -0.2) is 24.4 Å². The minimum Gasteiger partial charge on any atom is -0.341 e. The maximum atomic E-state index is 11.9. The summed E-state index contributed by atoms with van der Waals surface area (Å²) < 4.78 is 0. The fourth-order valence-electron chi connectivity index (χ4n) is 1.19. The summed E-state index contributed by atoms with van der Waals surface area (Å²) in [4.78, 5) is 13.3. The van der Waals surface area contributed by atoms with Crippen LogP contribution in [0.25, 0.3) is 0 Å². The lowest BCUT2D eigenvalue weighted by Crippen LogP contribution is -2.27. The number of carbonyl (C=O) groups excluding carboxylic acids is 1. The lowest BCUT2D eigenvalue weighted by molar-refractivity contribution is 0.0798. The molecule has 0 fully saturated rings. The first-order valence-corrected chi connectivity index (χ1v) is 5.39. The summed E-state index contributed by atoms with van der Waals surface area (Å²) in [6.07, 6.45) is 0.292. The Morgan fingerprint density at radius 2 is 2.19 bits per heavy atom. The second kappa shape index (κ2) is 5.74. The van der Waals surface area contributed by atoms with Crippen molar-refractivity contribution in [2.75, 3.05) is 13.6 Å². The van der Waals surface area contributed by atoms with Crippen LogP contribution in [0.4, 0.5) is 0 Å². The van der Waals surface area contributed by atoms with Gasteiger partial charge in [-0.25, -0.2) is 0 Å². The Hall–Kier alpha value is -1.24. The molecule has 0 unspecified atom stereocenters. The van der Waals surface area contributed by atoms with Gasteiger partial charge in [0.25, 0.3) is 5.91 Å². The first kappa shape index (κ1) is 12.8. The first-order valence-electron chi connectivity index (χ1n) is 4.63. The molecule has 1 amide bonds. The second-order valence-electron chi connectivity index (χ2n) is 3.26. The fraction of sp³-hybridized carbons (Fsp3) is 0.273. The van der Waals surface area contributed by atoms with Gasteiger partial charge in [0.1, 0.15) is 0 Å². The first-order chi connectivity index (χ1) is 7.56. The zero-order chi connectivity index (χ0) is 12.1. The SMILES string of the molecule is CN(CCC#N)C(=O)c1cc(Cl)ccc1Cl. The van der Waals surface area contributed by atoms with Gasteiger partial charge in [-0.15, -0.1) is 0 Å². The lowest BCUT2D eigenvalue weighted by Gasteiger charge is -2.16. The molecule has 0 saturated carbocycles. The lowest BCUT2D eigenvalue weighted by atomic mass is 10.2. The molecule has 0 aliphatic carbocycles. The molecular weight excluding hydrogens is 247 g/mol. The number of nitriles is 1. The maximum Gasteiger partial charge on any atom is 0.255 e. The molecule has 5 heteroatoms. The number of nitrogens with zero attached hydrogens (tertiary/aromatic N) is 2. The van der Waals surface area contributed by atoms with Crippen LogP contribution in [0.15, 0.2) is 18.2 Å². The Morgan fingerprint density at radius 3 is 2.81 bits per heavy atom. The van der Waals surface area contributed by atoms with Gasteiger partial charge in [-0.05, 0) is 18.2 Å². The van der Waals surface area contributed by atoms with Gasteiger partial charge in [0.05, 0.1) is 23.1 Å². The van der Waals surface area contributed by atoms with Crippen LogP contribution in [0.2, 0.25) is 10.0 Å². The molecule has 1 rings (SSSR count). The quantitative estimate of drug-likeness (QED) is 0.835. The van der Waals surface area contributed by atoms with Crippen molar-refractivity contribution in [3.05, 3.63) is 33.8 Å². The van der Waals surface area contributed by atoms with E-state index in [1.54, 1.807) is 19.2 Å². The molecule has 0 aromatic heterocycles. The van der Waals surface area contributed by atoms with E-state index in [0.29, 0.717) is 28.6 Å². The molecule has 16 heavy (non-hydrogen) atoms. The molecule has 1 aromatic rings. The summed E-state index contributed by atoms with van der Waals surface area (Å²) in [5, 5.41) is 9.25. The third kappa shape index (κ3) is 3.13. The van der Waals surface area contributed by atoms with Gasteiger partial charge < -0.3 is 4.90 Å². The Morgan fingerprint density at radius 1 is 1.50 bits per heavy atom. The van der Waals surface area contributed by atoms with Gasteiger partial charge in [0, 0.05) is 18.6 Å². The number of rotatable bonds is 3. The van der Waals surface area contributed by atoms with Crippen molar-refractivity contribution in [3.8, 4) is 6.07 Å². The highest BCUT2D eigenvalue weighted by molar-refractivity contribution is 6.35. The number of halogens is 2. The van der Waals surface area contributed by atoms with Crippen LogP contribution >= 0.6 is 23.2 Å². The average molecular weight is 257 g/mol. The molecule has 0 N–H and O–H groups in total. The van der Waals surface area contributed by atoms with E-state index < -0.39 is 0 Å². The van der Waals surface area contributed by atoms with Gasteiger partial charge in [0.2, 0.25) is 0 Å². The molecule has 84 valence electrons. The van der Waals surface area contributed by atoms with Gasteiger partial charge in [-0.3, -0.25) is 4.79 Å². The minimum atomic E-state index is -0.234. The summed E-state index contributed by atoms with van der Waals surface area (Å²) in [7, 11) is 1.62. The molecule has 0 aliphatic heterocycles. The van der Waals surface area contributed by atoms with Gasteiger partial charge in [-0.2, -0.15) is 5.26 Å². The summed E-state index contributed by atoms with van der Waals surface area (Å²) in [5.41, 5.74) is 0.356. The number of carbonyl (C=O) groups is 1. The molecule has 0 bridgehead atoms. The Labute approximate surface area is 104 Å². The van der Waals surface area contributed by atoms with Crippen LogP contribution in [0.3, 0.4) is 0 Å². The molecule has 0 spiro atoms. The Bertz CT molecular complexity index is 440. The van der Waals surface area contributed by atoms with Crippen LogP contribution < -0.4 is 0 Å². The van der Waals surface area contributed by atoms with Crippen LogP contribution in [-0.2, 0) is 0 Å². The third-order valence-corrected chi connectivity index (χ3v) is 2.63. The molecule has 1 aromatic carbocycles. The van der Waals surface area contributed by atoms with E-state index in [4.69, 9.17) is 28.5 Å². The molecular formula is C11H10Cl2N2O. The summed E-state index contributed by atoms with van der Waals surface area (Å²) in [6.45, 7) is 0.373. The van der Waals surface area contributed by atoms with Crippen molar-refractivity contribution in [1.82, 2.24) is 4.90 Å². The molecule has 3 nitrogen and oxygen atoms in total. The Balaban J connectivity index is 2.88. The molecule has 0 atom stereocenters. The predicted octanol–water partition coefficient (Wildman–Crippen LogP) is 2.98. The van der Waals surface area contributed by atoms with Crippen molar-refractivity contribution in [2.45, 2.75) is 6.42 Å². The van der Waals surface area contributed by atoms with E-state index in [2.05, 4.69) is 0 Å². The third-order valence-electron chi connectivity index (χ3n) is 2.06. The van der Waals surface area contributed by atoms with E-state index in [1.165, 1.54) is 11.0 Å². The van der Waals surface area contributed by atoms with E-state index in [1.807, 2.05) is 6.07 Å². The highest BCUT2D eigenvalue weighted by Gasteiger charge is 2.15. The number of benzene rings is 1. The summed E-state index contributed by atoms with van der Waals surface area (Å²) >= 11 is 11.7. The van der Waals surface area contributed by atoms with Crippen LogP contribution in [0, 0.1) is 11.3 Å². The summed E-state index contributed by atoms with van der Waals surface area (Å²) in [5.74, 6) is -0.234.